The number of hydrogen-bond acceptors (Lipinski definition) is 7. The van der Waals surface area contributed by atoms with Gasteiger partial charge in [0.05, 0.1) is 13.0 Å². The predicted octanol–water partition coefficient (Wildman–Crippen LogP) is 0.0411. The summed E-state index contributed by atoms with van der Waals surface area (Å²) in [7, 11) is 1.48. The van der Waals surface area contributed by atoms with Gasteiger partial charge in [0.2, 0.25) is 5.91 Å². The second-order valence-corrected chi connectivity index (χ2v) is 5.62. The zero-order valence-corrected chi connectivity index (χ0v) is 15.2. The number of benzene rings is 1. The fourth-order valence-corrected chi connectivity index (χ4v) is 2.14. The Kier molecular flexibility index (Phi) is 7.56. The maximum Gasteiger partial charge on any atom is 0.329 e. The van der Waals surface area contributed by atoms with E-state index in [9.17, 15) is 14.4 Å². The van der Waals surface area contributed by atoms with Crippen LogP contribution in [0.4, 0.5) is 5.69 Å². The second kappa shape index (κ2) is 10.1. The third-order valence-corrected chi connectivity index (χ3v) is 3.39. The van der Waals surface area contributed by atoms with Gasteiger partial charge in [-0.05, 0) is 19.1 Å². The van der Waals surface area contributed by atoms with Crippen LogP contribution in [0.15, 0.2) is 23.3 Å². The quantitative estimate of drug-likeness (QED) is 0.266. The first-order valence-corrected chi connectivity index (χ1v) is 8.29. The molecule has 0 radical (unpaired) electrons. The lowest BCUT2D eigenvalue weighted by Gasteiger charge is -2.19. The van der Waals surface area contributed by atoms with E-state index in [2.05, 4.69) is 21.2 Å². The predicted molar refractivity (Wildman–Crippen MR) is 96.8 cm³/mol. The van der Waals surface area contributed by atoms with Crippen molar-refractivity contribution in [1.82, 2.24) is 10.7 Å². The van der Waals surface area contributed by atoms with Crippen LogP contribution in [0.2, 0.25) is 0 Å². The second-order valence-electron chi connectivity index (χ2n) is 5.62. The van der Waals surface area contributed by atoms with Crippen LogP contribution in [-0.4, -0.2) is 56.9 Å². The molecule has 2 rings (SSSR count). The number of rotatable bonds is 7. The molecule has 3 amide bonds. The first-order valence-electron chi connectivity index (χ1n) is 8.29. The van der Waals surface area contributed by atoms with E-state index >= 15 is 0 Å². The molecule has 0 fully saturated rings. The lowest BCUT2D eigenvalue weighted by Crippen LogP contribution is -2.39. The molecule has 1 aromatic rings. The van der Waals surface area contributed by atoms with Crippen molar-refractivity contribution in [2.45, 2.75) is 13.3 Å². The summed E-state index contributed by atoms with van der Waals surface area (Å²) >= 11 is 0. The van der Waals surface area contributed by atoms with Crippen molar-refractivity contribution in [3.63, 3.8) is 0 Å². The Morgan fingerprint density at radius 1 is 1.15 bits per heavy atom. The van der Waals surface area contributed by atoms with Crippen molar-refractivity contribution in [2.24, 2.45) is 5.10 Å². The summed E-state index contributed by atoms with van der Waals surface area (Å²) in [6.45, 7) is 3.01. The Morgan fingerprint density at radius 2 is 1.89 bits per heavy atom. The van der Waals surface area contributed by atoms with Crippen LogP contribution in [0.3, 0.4) is 0 Å². The molecule has 10 heteroatoms. The van der Waals surface area contributed by atoms with Crippen molar-refractivity contribution in [2.75, 3.05) is 38.8 Å². The van der Waals surface area contributed by atoms with E-state index in [4.69, 9.17) is 14.2 Å². The maximum atomic E-state index is 12.1. The monoisotopic (exact) mass is 378 g/mol. The minimum Gasteiger partial charge on any atom is -0.486 e. The third kappa shape index (κ3) is 6.59. The fraction of sp³-hybridized carbons (Fsp3) is 0.412. The van der Waals surface area contributed by atoms with Gasteiger partial charge in [0.15, 0.2) is 11.5 Å². The van der Waals surface area contributed by atoms with Gasteiger partial charge in [0.25, 0.3) is 0 Å². The van der Waals surface area contributed by atoms with Gasteiger partial charge in [-0.15, -0.1) is 0 Å². The fourth-order valence-electron chi connectivity index (χ4n) is 2.14. The van der Waals surface area contributed by atoms with E-state index in [0.717, 1.165) is 0 Å². The minimum atomic E-state index is -0.919. The standard InChI is InChI=1S/C17H22N4O6/c1-11(20-21-17(24)16(23)18-5-6-25-2)9-15(22)19-12-3-4-13-14(10-12)27-8-7-26-13/h3-4,10H,5-9H2,1-2H3,(H,18,23)(H,19,22)(H,21,24)/b20-11+. The van der Waals surface area contributed by atoms with Gasteiger partial charge in [0, 0.05) is 31.1 Å². The van der Waals surface area contributed by atoms with Crippen LogP contribution >= 0.6 is 0 Å². The van der Waals surface area contributed by atoms with E-state index in [1.807, 2.05) is 0 Å². The molecule has 0 atom stereocenters. The van der Waals surface area contributed by atoms with Crippen LogP contribution in [-0.2, 0) is 19.1 Å². The summed E-state index contributed by atoms with van der Waals surface area (Å²) in [4.78, 5) is 35.1. The number of ether oxygens (including phenoxy) is 3. The van der Waals surface area contributed by atoms with Crippen LogP contribution in [0, 0.1) is 0 Å². The molecule has 0 aromatic heterocycles. The SMILES string of the molecule is COCCNC(=O)C(=O)N/N=C(\C)CC(=O)Nc1ccc2c(c1)OCCO2. The molecule has 0 unspecified atom stereocenters. The molecule has 3 N–H and O–H groups in total. The number of nitrogens with one attached hydrogen (secondary N) is 3. The summed E-state index contributed by atoms with van der Waals surface area (Å²) in [5.74, 6) is -0.881. The molecule has 1 aliphatic heterocycles. The highest BCUT2D eigenvalue weighted by Gasteiger charge is 2.14. The number of fused-ring (bicyclic) bond motifs is 1. The molecule has 1 aromatic carbocycles. The summed E-state index contributed by atoms with van der Waals surface area (Å²) < 4.78 is 15.6. The van der Waals surface area contributed by atoms with Crippen molar-refractivity contribution in [3.05, 3.63) is 18.2 Å². The van der Waals surface area contributed by atoms with E-state index in [1.54, 1.807) is 25.1 Å². The van der Waals surface area contributed by atoms with Gasteiger partial charge in [-0.3, -0.25) is 14.4 Å². The highest BCUT2D eigenvalue weighted by molar-refractivity contribution is 6.35. The highest BCUT2D eigenvalue weighted by atomic mass is 16.6. The Bertz CT molecular complexity index is 734. The molecule has 146 valence electrons. The van der Waals surface area contributed by atoms with Crippen molar-refractivity contribution in [3.8, 4) is 11.5 Å². The molecule has 0 bridgehead atoms. The smallest absolute Gasteiger partial charge is 0.329 e. The normalized spacial score (nSPS) is 12.9. The molecule has 10 nitrogen and oxygen atoms in total. The number of amides is 3. The number of anilines is 1. The van der Waals surface area contributed by atoms with Crippen molar-refractivity contribution >= 4 is 29.1 Å². The van der Waals surface area contributed by atoms with Crippen molar-refractivity contribution < 1.29 is 28.6 Å². The summed E-state index contributed by atoms with van der Waals surface area (Å²) in [5, 5.41) is 8.81. The highest BCUT2D eigenvalue weighted by Crippen LogP contribution is 2.32. The molecule has 0 aliphatic carbocycles. The Labute approximate surface area is 156 Å². The van der Waals surface area contributed by atoms with Gasteiger partial charge in [0.1, 0.15) is 13.2 Å². The van der Waals surface area contributed by atoms with Crippen LogP contribution < -0.4 is 25.5 Å². The summed E-state index contributed by atoms with van der Waals surface area (Å²) in [5.41, 5.74) is 2.99. The topological polar surface area (TPSA) is 127 Å². The third-order valence-electron chi connectivity index (χ3n) is 3.39. The summed E-state index contributed by atoms with van der Waals surface area (Å²) in [6, 6.07) is 5.09. The summed E-state index contributed by atoms with van der Waals surface area (Å²) in [6.07, 6.45) is -0.0555. The van der Waals surface area contributed by atoms with Gasteiger partial charge in [-0.1, -0.05) is 0 Å². The average molecular weight is 378 g/mol. The number of hydrogen-bond donors (Lipinski definition) is 3. The van der Waals surface area contributed by atoms with Gasteiger partial charge in [-0.25, -0.2) is 5.43 Å². The zero-order chi connectivity index (χ0) is 19.6. The van der Waals surface area contributed by atoms with Gasteiger partial charge in [-0.2, -0.15) is 5.10 Å². The maximum absolute atomic E-state index is 12.1. The Morgan fingerprint density at radius 3 is 2.63 bits per heavy atom. The molecule has 1 heterocycles. The largest absolute Gasteiger partial charge is 0.486 e. The number of hydrazone groups is 1. The van der Waals surface area contributed by atoms with E-state index < -0.39 is 11.8 Å². The Hall–Kier alpha value is -3.14. The minimum absolute atomic E-state index is 0.0555. The lowest BCUT2D eigenvalue weighted by molar-refractivity contribution is -0.139. The van der Waals surface area contributed by atoms with E-state index in [-0.39, 0.29) is 18.9 Å². The average Bonchev–Trinajstić information content (AvgIpc) is 2.66. The van der Waals surface area contributed by atoms with Crippen LogP contribution in [0.25, 0.3) is 0 Å². The number of methoxy groups -OCH3 is 1. The molecule has 0 saturated carbocycles. The number of carbonyl (C=O) groups is 3. The van der Waals surface area contributed by atoms with Gasteiger partial charge < -0.3 is 24.8 Å². The molecule has 1 aliphatic rings. The van der Waals surface area contributed by atoms with Crippen LogP contribution in [0.1, 0.15) is 13.3 Å². The Balaban J connectivity index is 1.80. The van der Waals surface area contributed by atoms with Crippen molar-refractivity contribution in [1.29, 1.82) is 0 Å². The molecular formula is C17H22N4O6. The zero-order valence-electron chi connectivity index (χ0n) is 15.2. The first kappa shape index (κ1) is 20.2. The molecule has 0 saturated heterocycles. The lowest BCUT2D eigenvalue weighted by atomic mass is 10.2. The van der Waals surface area contributed by atoms with E-state index in [1.165, 1.54) is 7.11 Å². The van der Waals surface area contributed by atoms with Crippen LogP contribution in [0.5, 0.6) is 11.5 Å². The van der Waals surface area contributed by atoms with Gasteiger partial charge >= 0.3 is 11.8 Å². The number of carbonyl (C=O) groups excluding carboxylic acids is 3. The molecule has 0 spiro atoms. The molecular weight excluding hydrogens is 356 g/mol. The number of nitrogens with zero attached hydrogens (tertiary/aromatic N) is 1. The molecule has 27 heavy (non-hydrogen) atoms. The first-order chi connectivity index (χ1) is 13.0. The van der Waals surface area contributed by atoms with E-state index in [0.29, 0.717) is 42.7 Å².